The van der Waals surface area contributed by atoms with Crippen LogP contribution in [0.25, 0.3) is 11.1 Å². The van der Waals surface area contributed by atoms with Crippen molar-refractivity contribution in [3.63, 3.8) is 0 Å². The summed E-state index contributed by atoms with van der Waals surface area (Å²) in [5, 5.41) is 10.5. The molecule has 1 unspecified atom stereocenters. The quantitative estimate of drug-likeness (QED) is 0.687. The van der Waals surface area contributed by atoms with E-state index in [1.807, 2.05) is 18.3 Å². The third-order valence-corrected chi connectivity index (χ3v) is 3.85. The fourth-order valence-corrected chi connectivity index (χ4v) is 2.41. The second kappa shape index (κ2) is 12.7. The van der Waals surface area contributed by atoms with Gasteiger partial charge >= 0.3 is 12.3 Å². The minimum atomic E-state index is -0.487. The largest absolute Gasteiger partial charge is 0.474 e. The first-order chi connectivity index (χ1) is 14.0. The van der Waals surface area contributed by atoms with Crippen molar-refractivity contribution in [1.82, 2.24) is 9.97 Å². The van der Waals surface area contributed by atoms with E-state index in [0.717, 1.165) is 35.1 Å². The zero-order valence-electron chi connectivity index (χ0n) is 16.0. The van der Waals surface area contributed by atoms with Crippen LogP contribution in [0.2, 0.25) is 0 Å². The number of hydrogen-bond donors (Lipinski definition) is 1. The predicted octanol–water partition coefficient (Wildman–Crippen LogP) is 2.29. The van der Waals surface area contributed by atoms with E-state index in [2.05, 4.69) is 29.9 Å². The highest BCUT2D eigenvalue weighted by Crippen LogP contribution is 2.30. The number of aryl methyl sites for hydroxylation is 2. The fourth-order valence-electron chi connectivity index (χ4n) is 2.41. The van der Waals surface area contributed by atoms with Gasteiger partial charge in [-0.2, -0.15) is 19.2 Å². The first kappa shape index (κ1) is 23.4. The number of rotatable bonds is 2. The van der Waals surface area contributed by atoms with Crippen LogP contribution in [-0.4, -0.2) is 34.0 Å². The summed E-state index contributed by atoms with van der Waals surface area (Å²) in [5.41, 5.74) is 3.94. The molecule has 0 radical (unpaired) electrons. The number of ether oxygens (including phenoxy) is 1. The average Bonchev–Trinajstić information content (AvgIpc) is 3.35. The Balaban J connectivity index is 0.000000230. The molecule has 4 heterocycles. The summed E-state index contributed by atoms with van der Waals surface area (Å²) in [6, 6.07) is 5.99. The van der Waals surface area contributed by atoms with Gasteiger partial charge in [-0.3, -0.25) is 0 Å². The molecule has 152 valence electrons. The van der Waals surface area contributed by atoms with Crippen LogP contribution in [0.5, 0.6) is 5.88 Å². The van der Waals surface area contributed by atoms with Crippen molar-refractivity contribution < 1.29 is 33.4 Å². The summed E-state index contributed by atoms with van der Waals surface area (Å²) >= 11 is 0. The molecule has 0 amide bonds. The van der Waals surface area contributed by atoms with Gasteiger partial charge in [-0.15, -0.1) is 0 Å². The number of fused-ring (bicyclic) bond motifs is 2. The van der Waals surface area contributed by atoms with Crippen LogP contribution in [-0.2, 0) is 32.0 Å². The minimum Gasteiger partial charge on any atom is -0.474 e. The van der Waals surface area contributed by atoms with Crippen molar-refractivity contribution in [2.45, 2.75) is 32.8 Å². The Morgan fingerprint density at radius 3 is 2.24 bits per heavy atom. The molecule has 0 saturated carbocycles. The van der Waals surface area contributed by atoms with Crippen LogP contribution < -0.4 is 4.74 Å². The summed E-state index contributed by atoms with van der Waals surface area (Å²) in [7, 11) is 0. The summed E-state index contributed by atoms with van der Waals surface area (Å²) in [6.07, 6.45) is 7.28. The molecule has 0 aromatic carbocycles. The van der Waals surface area contributed by atoms with Gasteiger partial charge in [0.05, 0.1) is 6.26 Å². The smallest absolute Gasteiger partial charge is 0.373 e. The van der Waals surface area contributed by atoms with Crippen molar-refractivity contribution in [3.8, 4) is 5.88 Å². The second-order valence-corrected chi connectivity index (χ2v) is 5.60. The summed E-state index contributed by atoms with van der Waals surface area (Å²) < 4.78 is 10.3. The summed E-state index contributed by atoms with van der Waals surface area (Å²) in [5.74, 6) is 0.583. The molecule has 9 heteroatoms. The van der Waals surface area contributed by atoms with Gasteiger partial charge in [0.25, 0.3) is 0 Å². The number of aliphatic hydroxyl groups excluding tert-OH is 1. The van der Waals surface area contributed by atoms with E-state index < -0.39 is 6.10 Å². The maximum absolute atomic E-state index is 9.44. The van der Waals surface area contributed by atoms with Crippen LogP contribution in [0.4, 0.5) is 0 Å². The van der Waals surface area contributed by atoms with Crippen LogP contribution in [0, 0.1) is 0 Å². The van der Waals surface area contributed by atoms with Crippen LogP contribution in [0.1, 0.15) is 36.6 Å². The third-order valence-electron chi connectivity index (χ3n) is 3.85. The van der Waals surface area contributed by atoms with E-state index in [0.29, 0.717) is 12.5 Å². The van der Waals surface area contributed by atoms with Gasteiger partial charge in [0.15, 0.2) is 0 Å². The number of furan rings is 1. The molecule has 3 aromatic heterocycles. The third kappa shape index (κ3) is 7.12. The lowest BCUT2D eigenvalue weighted by Gasteiger charge is -2.00. The molecule has 1 aliphatic rings. The number of pyridine rings is 2. The predicted molar refractivity (Wildman–Crippen MR) is 97.5 cm³/mol. The molecule has 0 aliphatic carbocycles. The number of nitrogens with zero attached hydrogens (tertiary/aromatic N) is 2. The number of aromatic nitrogens is 2. The number of hydrogen-bond acceptors (Lipinski definition) is 9. The monoisotopic (exact) mass is 400 g/mol. The molecule has 3 aromatic rings. The molecule has 0 spiro atoms. The van der Waals surface area contributed by atoms with Gasteiger partial charge in [-0.05, 0) is 42.2 Å². The lowest BCUT2D eigenvalue weighted by Crippen LogP contribution is -1.97. The van der Waals surface area contributed by atoms with Crippen molar-refractivity contribution in [3.05, 3.63) is 53.5 Å². The highest BCUT2D eigenvalue weighted by molar-refractivity contribution is 5.73. The number of aliphatic hydroxyl groups is 1. The lowest BCUT2D eigenvalue weighted by atomic mass is 10.1. The van der Waals surface area contributed by atoms with E-state index in [1.165, 1.54) is 5.56 Å². The number of carbonyl (C=O) groups excluding carboxylic acids is 4. The first-order valence-corrected chi connectivity index (χ1v) is 8.64. The molecule has 9 nitrogen and oxygen atoms in total. The van der Waals surface area contributed by atoms with Crippen molar-refractivity contribution in [2.24, 2.45) is 0 Å². The van der Waals surface area contributed by atoms with E-state index in [-0.39, 0.29) is 12.3 Å². The van der Waals surface area contributed by atoms with Gasteiger partial charge < -0.3 is 14.3 Å². The second-order valence-electron chi connectivity index (χ2n) is 5.60. The standard InChI is InChI=1S/C9H11NO2.C9H9NO.2CO2/c1-2-6-3-7-8(11)5-12-9(7)10-4-6;1-2-7-5-8-3-4-11-9(8)10-6-7;2*2-1-3/h3-4,8,11H,2,5H2,1H3;3-6H,2H2,1H3;;. The van der Waals surface area contributed by atoms with E-state index in [1.54, 1.807) is 12.5 Å². The van der Waals surface area contributed by atoms with E-state index >= 15 is 0 Å². The molecule has 1 N–H and O–H groups in total. The molecule has 1 atom stereocenters. The average molecular weight is 400 g/mol. The summed E-state index contributed by atoms with van der Waals surface area (Å²) in [6.45, 7) is 4.52. The highest BCUT2D eigenvalue weighted by Gasteiger charge is 2.22. The first-order valence-electron chi connectivity index (χ1n) is 8.64. The molecule has 0 fully saturated rings. The Labute approximate surface area is 166 Å². The van der Waals surface area contributed by atoms with Gasteiger partial charge in [0.2, 0.25) is 11.6 Å². The Morgan fingerprint density at radius 1 is 1.03 bits per heavy atom. The maximum Gasteiger partial charge on any atom is 0.373 e. The molecule has 29 heavy (non-hydrogen) atoms. The lowest BCUT2D eigenvalue weighted by molar-refractivity contribution is -0.193. The van der Waals surface area contributed by atoms with Crippen molar-refractivity contribution in [1.29, 1.82) is 0 Å². The van der Waals surface area contributed by atoms with Crippen LogP contribution >= 0.6 is 0 Å². The molecule has 0 saturated heterocycles. The highest BCUT2D eigenvalue weighted by atomic mass is 16.5. The molecule has 4 rings (SSSR count). The van der Waals surface area contributed by atoms with Gasteiger partial charge in [0, 0.05) is 23.3 Å². The molecule has 1 aliphatic heterocycles. The van der Waals surface area contributed by atoms with Gasteiger partial charge in [-0.1, -0.05) is 13.8 Å². The van der Waals surface area contributed by atoms with Crippen LogP contribution in [0.3, 0.4) is 0 Å². The Bertz CT molecular complexity index is 960. The van der Waals surface area contributed by atoms with Gasteiger partial charge in [-0.25, -0.2) is 9.97 Å². The normalized spacial score (nSPS) is 13.0. The van der Waals surface area contributed by atoms with Crippen LogP contribution in [0.15, 0.2) is 41.3 Å². The van der Waals surface area contributed by atoms with Gasteiger partial charge in [0.1, 0.15) is 12.7 Å². The maximum atomic E-state index is 9.44. The summed E-state index contributed by atoms with van der Waals surface area (Å²) in [4.78, 5) is 40.7. The Morgan fingerprint density at radius 2 is 1.62 bits per heavy atom. The van der Waals surface area contributed by atoms with E-state index in [9.17, 15) is 5.11 Å². The zero-order valence-corrected chi connectivity index (χ0v) is 16.0. The molecular formula is C20H20N2O7. The zero-order chi connectivity index (χ0) is 21.6. The van der Waals surface area contributed by atoms with Crippen molar-refractivity contribution in [2.75, 3.05) is 6.61 Å². The van der Waals surface area contributed by atoms with Crippen molar-refractivity contribution >= 4 is 23.4 Å². The fraction of sp³-hybridized carbons (Fsp3) is 0.300. The molecular weight excluding hydrogens is 380 g/mol. The molecule has 0 bridgehead atoms. The van der Waals surface area contributed by atoms with E-state index in [4.69, 9.17) is 28.3 Å². The SMILES string of the molecule is CCc1cnc2c(c1)C(O)CO2.CCc1cnc2occc2c1.O=C=O.O=C=O. The Kier molecular flexibility index (Phi) is 10.2. The topological polar surface area (TPSA) is 137 Å². The minimum absolute atomic E-state index is 0.250. The Hall–Kier alpha value is -3.64.